The number of hydrogen-bond donors (Lipinski definition) is 0. The normalized spacial score (nSPS) is 15.5. The van der Waals surface area contributed by atoms with Crippen molar-refractivity contribution in [3.8, 4) is 0 Å². The molecule has 2 aromatic heterocycles. The second-order valence-electron chi connectivity index (χ2n) is 6.50. The highest BCUT2D eigenvalue weighted by Gasteiger charge is 2.21. The van der Waals surface area contributed by atoms with Crippen LogP contribution in [0.2, 0.25) is 0 Å². The minimum absolute atomic E-state index is 0.213. The molecule has 1 saturated heterocycles. The monoisotopic (exact) mass is 372 g/mol. The lowest BCUT2D eigenvalue weighted by Crippen LogP contribution is -2.46. The molecule has 1 aliphatic rings. The largest absolute Gasteiger partial charge is 0.344 e. The number of anilines is 1. The minimum Gasteiger partial charge on any atom is -0.344 e. The summed E-state index contributed by atoms with van der Waals surface area (Å²) in [6.45, 7) is 4.73. The van der Waals surface area contributed by atoms with E-state index in [9.17, 15) is 4.39 Å². The first-order valence-electron chi connectivity index (χ1n) is 8.68. The predicted molar refractivity (Wildman–Crippen MR) is 99.8 cm³/mol. The van der Waals surface area contributed by atoms with E-state index < -0.39 is 0 Å². The molecule has 0 amide bonds. The van der Waals surface area contributed by atoms with Crippen molar-refractivity contribution in [2.24, 2.45) is 7.05 Å². The maximum Gasteiger partial charge on any atom is 0.208 e. The number of piperazine rings is 1. The molecule has 0 atom stereocenters. The van der Waals surface area contributed by atoms with Crippen LogP contribution in [0.15, 0.2) is 36.7 Å². The average Bonchev–Trinajstić information content (AvgIpc) is 3.27. The van der Waals surface area contributed by atoms with Gasteiger partial charge in [-0.2, -0.15) is 0 Å². The van der Waals surface area contributed by atoms with Crippen LogP contribution in [0.5, 0.6) is 0 Å². The van der Waals surface area contributed by atoms with E-state index in [0.717, 1.165) is 54.3 Å². The lowest BCUT2D eigenvalue weighted by atomic mass is 10.2. The number of halogens is 1. The Morgan fingerprint density at radius 2 is 1.85 bits per heavy atom. The summed E-state index contributed by atoms with van der Waals surface area (Å²) >= 11 is 1.62. The quantitative estimate of drug-likeness (QED) is 0.688. The van der Waals surface area contributed by atoms with E-state index in [1.165, 1.54) is 12.1 Å². The number of benzene rings is 1. The van der Waals surface area contributed by atoms with E-state index in [-0.39, 0.29) is 5.82 Å². The Labute approximate surface area is 155 Å². The van der Waals surface area contributed by atoms with E-state index >= 15 is 0 Å². The highest BCUT2D eigenvalue weighted by Crippen LogP contribution is 2.23. The molecule has 4 rings (SSSR count). The number of aromatic nitrogens is 4. The third-order valence-electron chi connectivity index (χ3n) is 4.65. The van der Waals surface area contributed by atoms with E-state index in [2.05, 4.69) is 29.5 Å². The molecule has 0 N–H and O–H groups in total. The molecular weight excluding hydrogens is 351 g/mol. The summed E-state index contributed by atoms with van der Waals surface area (Å²) in [5.74, 6) is 0.881. The van der Waals surface area contributed by atoms with Crippen molar-refractivity contribution in [1.82, 2.24) is 24.6 Å². The number of aryl methyl sites for hydroxylation is 1. The maximum atomic E-state index is 13.0. The first kappa shape index (κ1) is 17.1. The molecule has 136 valence electrons. The Morgan fingerprint density at radius 3 is 2.54 bits per heavy atom. The molecular formula is C18H21FN6S. The van der Waals surface area contributed by atoms with Gasteiger partial charge >= 0.3 is 0 Å². The second kappa shape index (κ2) is 7.51. The van der Waals surface area contributed by atoms with Gasteiger partial charge in [0.2, 0.25) is 5.13 Å². The van der Waals surface area contributed by atoms with Crippen LogP contribution in [0.3, 0.4) is 0 Å². The van der Waals surface area contributed by atoms with Gasteiger partial charge in [0.1, 0.15) is 16.6 Å². The summed E-state index contributed by atoms with van der Waals surface area (Å²) in [4.78, 5) is 9.11. The molecule has 0 spiro atoms. The molecule has 0 saturated carbocycles. The third-order valence-corrected chi connectivity index (χ3v) is 5.64. The van der Waals surface area contributed by atoms with Crippen LogP contribution in [0.25, 0.3) is 0 Å². The highest BCUT2D eigenvalue weighted by atomic mass is 32.1. The Balaban J connectivity index is 1.32. The van der Waals surface area contributed by atoms with Gasteiger partial charge in [-0.15, -0.1) is 10.2 Å². The van der Waals surface area contributed by atoms with Crippen molar-refractivity contribution in [1.29, 1.82) is 0 Å². The number of rotatable bonds is 5. The van der Waals surface area contributed by atoms with Crippen LogP contribution >= 0.6 is 11.3 Å². The van der Waals surface area contributed by atoms with Crippen molar-refractivity contribution in [2.75, 3.05) is 31.1 Å². The van der Waals surface area contributed by atoms with Crippen LogP contribution in [-0.2, 0) is 20.0 Å². The van der Waals surface area contributed by atoms with Gasteiger partial charge in [0.25, 0.3) is 0 Å². The summed E-state index contributed by atoms with van der Waals surface area (Å²) in [5, 5.41) is 10.6. The molecule has 1 fully saturated rings. The van der Waals surface area contributed by atoms with Crippen LogP contribution in [-0.4, -0.2) is 50.8 Å². The van der Waals surface area contributed by atoms with Gasteiger partial charge in [0, 0.05) is 52.0 Å². The van der Waals surface area contributed by atoms with Gasteiger partial charge in [-0.1, -0.05) is 23.5 Å². The van der Waals surface area contributed by atoms with Gasteiger partial charge < -0.3 is 9.47 Å². The van der Waals surface area contributed by atoms with E-state index in [1.807, 2.05) is 19.4 Å². The molecule has 3 aromatic rings. The molecule has 0 bridgehead atoms. The fourth-order valence-electron chi connectivity index (χ4n) is 3.07. The van der Waals surface area contributed by atoms with Gasteiger partial charge in [-0.25, -0.2) is 9.37 Å². The van der Waals surface area contributed by atoms with Crippen LogP contribution < -0.4 is 4.90 Å². The van der Waals surface area contributed by atoms with Crippen LogP contribution in [0.4, 0.5) is 9.52 Å². The topological polar surface area (TPSA) is 50.1 Å². The van der Waals surface area contributed by atoms with E-state index in [0.29, 0.717) is 6.42 Å². The lowest BCUT2D eigenvalue weighted by molar-refractivity contribution is 0.241. The average molecular weight is 372 g/mol. The van der Waals surface area contributed by atoms with E-state index in [4.69, 9.17) is 0 Å². The van der Waals surface area contributed by atoms with Gasteiger partial charge in [-0.05, 0) is 17.7 Å². The molecule has 0 radical (unpaired) electrons. The zero-order valence-corrected chi connectivity index (χ0v) is 15.5. The standard InChI is InChI=1S/C18H21FN6S/c1-23-7-6-20-16(23)13-24-8-10-25(11-9-24)18-22-21-17(26-18)12-14-2-4-15(19)5-3-14/h2-7H,8-13H2,1H3. The smallest absolute Gasteiger partial charge is 0.208 e. The molecule has 0 unspecified atom stereocenters. The summed E-state index contributed by atoms with van der Waals surface area (Å²) in [6, 6.07) is 6.57. The Hall–Kier alpha value is -2.32. The molecule has 1 aromatic carbocycles. The summed E-state index contributed by atoms with van der Waals surface area (Å²) < 4.78 is 15.1. The predicted octanol–water partition coefficient (Wildman–Crippen LogP) is 2.32. The highest BCUT2D eigenvalue weighted by molar-refractivity contribution is 7.15. The number of hydrogen-bond acceptors (Lipinski definition) is 6. The van der Waals surface area contributed by atoms with Crippen LogP contribution in [0, 0.1) is 5.82 Å². The molecule has 26 heavy (non-hydrogen) atoms. The van der Waals surface area contributed by atoms with E-state index in [1.54, 1.807) is 23.5 Å². The minimum atomic E-state index is -0.213. The van der Waals surface area contributed by atoms with Gasteiger partial charge in [0.15, 0.2) is 0 Å². The van der Waals surface area contributed by atoms with Gasteiger partial charge in [0.05, 0.1) is 6.54 Å². The summed E-state index contributed by atoms with van der Waals surface area (Å²) in [6.07, 6.45) is 4.52. The van der Waals surface area contributed by atoms with Crippen molar-refractivity contribution in [3.05, 3.63) is 58.9 Å². The third kappa shape index (κ3) is 3.91. The lowest BCUT2D eigenvalue weighted by Gasteiger charge is -2.33. The van der Waals surface area contributed by atoms with Crippen molar-refractivity contribution in [2.45, 2.75) is 13.0 Å². The second-order valence-corrected chi connectivity index (χ2v) is 7.54. The molecule has 6 nitrogen and oxygen atoms in total. The number of nitrogens with zero attached hydrogens (tertiary/aromatic N) is 6. The Kier molecular flexibility index (Phi) is 4.94. The zero-order valence-electron chi connectivity index (χ0n) is 14.7. The maximum absolute atomic E-state index is 13.0. The molecule has 8 heteroatoms. The van der Waals surface area contributed by atoms with Crippen molar-refractivity contribution < 1.29 is 4.39 Å². The Bertz CT molecular complexity index is 851. The van der Waals surface area contributed by atoms with Crippen molar-refractivity contribution >= 4 is 16.5 Å². The SMILES string of the molecule is Cn1ccnc1CN1CCN(c2nnc(Cc3ccc(F)cc3)s2)CC1. The number of imidazole rings is 1. The summed E-state index contributed by atoms with van der Waals surface area (Å²) in [7, 11) is 2.03. The zero-order chi connectivity index (χ0) is 17.9. The van der Waals surface area contributed by atoms with Gasteiger partial charge in [-0.3, -0.25) is 4.90 Å². The Morgan fingerprint density at radius 1 is 1.08 bits per heavy atom. The molecule has 0 aliphatic carbocycles. The van der Waals surface area contributed by atoms with Crippen molar-refractivity contribution in [3.63, 3.8) is 0 Å². The first-order chi connectivity index (χ1) is 12.7. The van der Waals surface area contributed by atoms with Crippen LogP contribution in [0.1, 0.15) is 16.4 Å². The fourth-order valence-corrected chi connectivity index (χ4v) is 3.99. The first-order valence-corrected chi connectivity index (χ1v) is 9.49. The summed E-state index contributed by atoms with van der Waals surface area (Å²) in [5.41, 5.74) is 1.05. The molecule has 3 heterocycles. The molecule has 1 aliphatic heterocycles. The fraction of sp³-hybridized carbons (Fsp3) is 0.389.